The number of nitrogens with one attached hydrogen (secondary N) is 1. The van der Waals surface area contributed by atoms with Crippen molar-refractivity contribution in [1.82, 2.24) is 0 Å². The molecule has 0 fully saturated rings. The average molecular weight is 285 g/mol. The zero-order valence-corrected chi connectivity index (χ0v) is 11.6. The number of ether oxygens (including phenoxy) is 2. The van der Waals surface area contributed by atoms with Crippen LogP contribution < -0.4 is 14.8 Å². The maximum absolute atomic E-state index is 11.9. The highest BCUT2D eigenvalue weighted by molar-refractivity contribution is 6.02. The van der Waals surface area contributed by atoms with Crippen molar-refractivity contribution in [1.29, 1.82) is 0 Å². The van der Waals surface area contributed by atoms with Crippen molar-refractivity contribution < 1.29 is 18.7 Å². The predicted octanol–water partition coefficient (Wildman–Crippen LogP) is 3.01. The summed E-state index contributed by atoms with van der Waals surface area (Å²) < 4.78 is 16.4. The van der Waals surface area contributed by atoms with Crippen LogP contribution in [-0.4, -0.2) is 19.1 Å². The van der Waals surface area contributed by atoms with Gasteiger partial charge in [-0.2, -0.15) is 0 Å². The molecular weight excluding hydrogens is 270 g/mol. The summed E-state index contributed by atoms with van der Waals surface area (Å²) in [5.41, 5.74) is 0.595. The van der Waals surface area contributed by atoms with E-state index in [0.717, 1.165) is 5.76 Å². The lowest BCUT2D eigenvalue weighted by molar-refractivity contribution is -0.111. The van der Waals surface area contributed by atoms with Crippen molar-refractivity contribution in [3.8, 4) is 11.5 Å². The highest BCUT2D eigenvalue weighted by atomic mass is 16.6. The van der Waals surface area contributed by atoms with Crippen LogP contribution in [0.2, 0.25) is 0 Å². The molecule has 0 saturated carbocycles. The van der Waals surface area contributed by atoms with Gasteiger partial charge < -0.3 is 19.2 Å². The van der Waals surface area contributed by atoms with E-state index in [1.165, 1.54) is 6.08 Å². The smallest absolute Gasteiger partial charge is 0.248 e. The number of carbonyl (C=O) groups excluding carboxylic acids is 1. The van der Waals surface area contributed by atoms with Gasteiger partial charge in [-0.25, -0.2) is 0 Å². The third kappa shape index (κ3) is 3.08. The SMILES string of the molecule is Cc1ccc(/C=C/C(=O)Nc2cccc3c2OCCO3)o1. The summed E-state index contributed by atoms with van der Waals surface area (Å²) in [6, 6.07) is 9.04. The summed E-state index contributed by atoms with van der Waals surface area (Å²) in [6.45, 7) is 2.84. The molecule has 5 nitrogen and oxygen atoms in total. The fourth-order valence-electron chi connectivity index (χ4n) is 2.05. The molecule has 0 radical (unpaired) electrons. The maximum atomic E-state index is 11.9. The first-order valence-corrected chi connectivity index (χ1v) is 6.66. The molecule has 3 rings (SSSR count). The van der Waals surface area contributed by atoms with E-state index in [1.54, 1.807) is 18.2 Å². The van der Waals surface area contributed by atoms with Gasteiger partial charge in [0, 0.05) is 6.08 Å². The molecule has 1 aliphatic rings. The molecule has 0 bridgehead atoms. The molecule has 0 aliphatic carbocycles. The highest BCUT2D eigenvalue weighted by Gasteiger charge is 2.16. The number of carbonyl (C=O) groups is 1. The number of para-hydroxylation sites is 1. The van der Waals surface area contributed by atoms with Gasteiger partial charge in [-0.05, 0) is 37.3 Å². The summed E-state index contributed by atoms with van der Waals surface area (Å²) in [4.78, 5) is 11.9. The summed E-state index contributed by atoms with van der Waals surface area (Å²) in [7, 11) is 0. The Labute approximate surface area is 122 Å². The number of amides is 1. The summed E-state index contributed by atoms with van der Waals surface area (Å²) in [6.07, 6.45) is 3.04. The van der Waals surface area contributed by atoms with Crippen molar-refractivity contribution in [3.63, 3.8) is 0 Å². The second-order valence-electron chi connectivity index (χ2n) is 4.60. The minimum Gasteiger partial charge on any atom is -0.486 e. The van der Waals surface area contributed by atoms with Gasteiger partial charge in [-0.15, -0.1) is 0 Å². The second kappa shape index (κ2) is 5.75. The molecule has 1 aliphatic heterocycles. The molecule has 0 unspecified atom stereocenters. The normalized spacial score (nSPS) is 13.4. The molecule has 2 aromatic rings. The number of anilines is 1. The number of hydrogen-bond acceptors (Lipinski definition) is 4. The van der Waals surface area contributed by atoms with Gasteiger partial charge in [0.2, 0.25) is 5.91 Å². The Balaban J connectivity index is 1.72. The van der Waals surface area contributed by atoms with Gasteiger partial charge in [-0.1, -0.05) is 6.07 Å². The topological polar surface area (TPSA) is 60.7 Å². The predicted molar refractivity (Wildman–Crippen MR) is 78.5 cm³/mol. The van der Waals surface area contributed by atoms with E-state index in [9.17, 15) is 4.79 Å². The average Bonchev–Trinajstić information content (AvgIpc) is 2.91. The van der Waals surface area contributed by atoms with Crippen LogP contribution in [-0.2, 0) is 4.79 Å². The molecule has 21 heavy (non-hydrogen) atoms. The van der Waals surface area contributed by atoms with Crippen LogP contribution in [0, 0.1) is 6.92 Å². The number of benzene rings is 1. The van der Waals surface area contributed by atoms with E-state index >= 15 is 0 Å². The van der Waals surface area contributed by atoms with Crippen molar-refractivity contribution >= 4 is 17.7 Å². The molecule has 1 amide bonds. The fraction of sp³-hybridized carbons (Fsp3) is 0.188. The molecule has 0 saturated heterocycles. The van der Waals surface area contributed by atoms with Crippen molar-refractivity contribution in [3.05, 3.63) is 47.9 Å². The lowest BCUT2D eigenvalue weighted by Crippen LogP contribution is -2.17. The monoisotopic (exact) mass is 285 g/mol. The Kier molecular flexibility index (Phi) is 3.64. The maximum Gasteiger partial charge on any atom is 0.248 e. The van der Waals surface area contributed by atoms with Crippen molar-refractivity contribution in [2.45, 2.75) is 6.92 Å². The second-order valence-corrected chi connectivity index (χ2v) is 4.60. The van der Waals surface area contributed by atoms with E-state index in [1.807, 2.05) is 25.1 Å². The molecule has 2 heterocycles. The quantitative estimate of drug-likeness (QED) is 0.881. The van der Waals surface area contributed by atoms with E-state index in [2.05, 4.69) is 5.32 Å². The summed E-state index contributed by atoms with van der Waals surface area (Å²) in [5, 5.41) is 2.77. The Morgan fingerprint density at radius 3 is 2.86 bits per heavy atom. The van der Waals surface area contributed by atoms with Gasteiger partial charge >= 0.3 is 0 Å². The Morgan fingerprint density at radius 1 is 1.19 bits per heavy atom. The number of aryl methyl sites for hydroxylation is 1. The molecule has 5 heteroatoms. The van der Waals surface area contributed by atoms with E-state index in [0.29, 0.717) is 36.2 Å². The van der Waals surface area contributed by atoms with Gasteiger partial charge in [0.05, 0.1) is 5.69 Å². The van der Waals surface area contributed by atoms with Crippen LogP contribution in [0.4, 0.5) is 5.69 Å². The van der Waals surface area contributed by atoms with E-state index in [-0.39, 0.29) is 5.91 Å². The van der Waals surface area contributed by atoms with Crippen molar-refractivity contribution in [2.24, 2.45) is 0 Å². The first kappa shape index (κ1) is 13.3. The number of fused-ring (bicyclic) bond motifs is 1. The van der Waals surface area contributed by atoms with Crippen molar-refractivity contribution in [2.75, 3.05) is 18.5 Å². The number of rotatable bonds is 3. The largest absolute Gasteiger partial charge is 0.486 e. The molecule has 0 spiro atoms. The summed E-state index contributed by atoms with van der Waals surface area (Å²) in [5.74, 6) is 2.39. The van der Waals surface area contributed by atoms with Gasteiger partial charge in [0.15, 0.2) is 11.5 Å². The third-order valence-corrected chi connectivity index (χ3v) is 2.98. The van der Waals surface area contributed by atoms with Gasteiger partial charge in [-0.3, -0.25) is 4.79 Å². The number of hydrogen-bond donors (Lipinski definition) is 1. The molecule has 1 aromatic carbocycles. The van der Waals surface area contributed by atoms with Crippen LogP contribution in [0.3, 0.4) is 0 Å². The standard InChI is InChI=1S/C16H15NO4/c1-11-5-6-12(21-11)7-8-15(18)17-13-3-2-4-14-16(13)20-10-9-19-14/h2-8H,9-10H2,1H3,(H,17,18)/b8-7+. The molecular formula is C16H15NO4. The minimum atomic E-state index is -0.258. The first-order valence-electron chi connectivity index (χ1n) is 6.66. The van der Waals surface area contributed by atoms with Gasteiger partial charge in [0.1, 0.15) is 24.7 Å². The van der Waals surface area contributed by atoms with E-state index < -0.39 is 0 Å². The van der Waals surface area contributed by atoms with Gasteiger partial charge in [0.25, 0.3) is 0 Å². The lowest BCUT2D eigenvalue weighted by Gasteiger charge is -2.20. The molecule has 0 atom stereocenters. The van der Waals surface area contributed by atoms with E-state index in [4.69, 9.17) is 13.9 Å². The third-order valence-electron chi connectivity index (χ3n) is 2.98. The van der Waals surface area contributed by atoms with Crippen LogP contribution in [0.15, 0.2) is 40.8 Å². The number of furan rings is 1. The molecule has 1 N–H and O–H groups in total. The molecule has 1 aromatic heterocycles. The lowest BCUT2D eigenvalue weighted by atomic mass is 10.2. The zero-order chi connectivity index (χ0) is 14.7. The van der Waals surface area contributed by atoms with Crippen LogP contribution in [0.5, 0.6) is 11.5 Å². The highest BCUT2D eigenvalue weighted by Crippen LogP contribution is 2.37. The fourth-order valence-corrected chi connectivity index (χ4v) is 2.05. The first-order chi connectivity index (χ1) is 10.2. The Hall–Kier alpha value is -2.69. The minimum absolute atomic E-state index is 0.258. The van der Waals surface area contributed by atoms with Crippen LogP contribution in [0.1, 0.15) is 11.5 Å². The molecule has 108 valence electrons. The Morgan fingerprint density at radius 2 is 2.05 bits per heavy atom. The van der Waals surface area contributed by atoms with Crippen LogP contribution >= 0.6 is 0 Å². The zero-order valence-electron chi connectivity index (χ0n) is 11.6. The Bertz CT molecular complexity index is 687. The summed E-state index contributed by atoms with van der Waals surface area (Å²) >= 11 is 0. The van der Waals surface area contributed by atoms with Crippen LogP contribution in [0.25, 0.3) is 6.08 Å².